The van der Waals surface area contributed by atoms with Crippen molar-refractivity contribution in [3.8, 4) is 11.5 Å². The molecule has 0 unspecified atom stereocenters. The first-order valence-electron chi connectivity index (χ1n) is 8.63. The van der Waals surface area contributed by atoms with Crippen LogP contribution in [0.3, 0.4) is 0 Å². The summed E-state index contributed by atoms with van der Waals surface area (Å²) >= 11 is 0. The van der Waals surface area contributed by atoms with Crippen LogP contribution in [-0.4, -0.2) is 52.5 Å². The van der Waals surface area contributed by atoms with Crippen molar-refractivity contribution in [2.24, 2.45) is 0 Å². The Morgan fingerprint density at radius 3 is 2.46 bits per heavy atom. The van der Waals surface area contributed by atoms with Gasteiger partial charge < -0.3 is 14.4 Å². The van der Waals surface area contributed by atoms with Crippen LogP contribution in [0.4, 0.5) is 0 Å². The van der Waals surface area contributed by atoms with Crippen molar-refractivity contribution in [3.05, 3.63) is 48.0 Å². The molecule has 2 heterocycles. The van der Waals surface area contributed by atoms with Crippen LogP contribution in [0.2, 0.25) is 0 Å². The average Bonchev–Trinajstić information content (AvgIpc) is 3.16. The van der Waals surface area contributed by atoms with Crippen LogP contribution in [0.25, 0.3) is 11.0 Å². The zero-order chi connectivity index (χ0) is 17.9. The molecule has 1 aliphatic heterocycles. The number of nitrogens with one attached hydrogen (secondary N) is 1. The Labute approximate surface area is 150 Å². The molecule has 134 valence electrons. The molecule has 26 heavy (non-hydrogen) atoms. The van der Waals surface area contributed by atoms with Crippen molar-refractivity contribution >= 4 is 16.9 Å². The number of nitrogens with zero attached hydrogens (tertiary/aromatic N) is 3. The quantitative estimate of drug-likeness (QED) is 0.781. The molecule has 0 saturated carbocycles. The minimum absolute atomic E-state index is 0.0257. The van der Waals surface area contributed by atoms with Crippen LogP contribution in [0, 0.1) is 0 Å². The Bertz CT molecular complexity index is 899. The van der Waals surface area contributed by atoms with Gasteiger partial charge in [0.2, 0.25) is 0 Å². The van der Waals surface area contributed by atoms with Crippen molar-refractivity contribution in [1.82, 2.24) is 20.3 Å². The van der Waals surface area contributed by atoms with E-state index in [9.17, 15) is 4.79 Å². The van der Waals surface area contributed by atoms with Crippen molar-refractivity contribution < 1.29 is 14.3 Å². The monoisotopic (exact) mass is 352 g/mol. The summed E-state index contributed by atoms with van der Waals surface area (Å²) in [5, 5.41) is 10.6. The number of amides is 1. The summed E-state index contributed by atoms with van der Waals surface area (Å²) in [6, 6.07) is 13.0. The van der Waals surface area contributed by atoms with Gasteiger partial charge >= 0.3 is 0 Å². The van der Waals surface area contributed by atoms with Crippen molar-refractivity contribution in [2.45, 2.75) is 18.9 Å². The molecule has 1 amide bonds. The van der Waals surface area contributed by atoms with E-state index >= 15 is 0 Å². The van der Waals surface area contributed by atoms with Gasteiger partial charge in [0, 0.05) is 31.5 Å². The third-order valence-electron chi connectivity index (χ3n) is 4.65. The molecular formula is C19H20N4O3. The van der Waals surface area contributed by atoms with Gasteiger partial charge in [-0.05, 0) is 42.5 Å². The predicted molar refractivity (Wildman–Crippen MR) is 96.4 cm³/mol. The molecule has 0 bridgehead atoms. The smallest absolute Gasteiger partial charge is 0.253 e. The fourth-order valence-corrected chi connectivity index (χ4v) is 3.18. The fourth-order valence-electron chi connectivity index (χ4n) is 3.18. The molecule has 0 radical (unpaired) electrons. The second kappa shape index (κ2) is 7.03. The van der Waals surface area contributed by atoms with E-state index in [0.29, 0.717) is 24.2 Å². The summed E-state index contributed by atoms with van der Waals surface area (Å²) in [6.07, 6.45) is 1.74. The van der Waals surface area contributed by atoms with Crippen molar-refractivity contribution in [3.63, 3.8) is 0 Å². The van der Waals surface area contributed by atoms with Gasteiger partial charge in [-0.25, -0.2) is 0 Å². The Balaban J connectivity index is 1.35. The van der Waals surface area contributed by atoms with E-state index in [-0.39, 0.29) is 12.0 Å². The summed E-state index contributed by atoms with van der Waals surface area (Å²) in [4.78, 5) is 14.6. The van der Waals surface area contributed by atoms with Crippen molar-refractivity contribution in [1.29, 1.82) is 0 Å². The molecular weight excluding hydrogens is 332 g/mol. The Morgan fingerprint density at radius 1 is 1.04 bits per heavy atom. The number of fused-ring (bicyclic) bond motifs is 1. The molecule has 7 nitrogen and oxygen atoms in total. The van der Waals surface area contributed by atoms with E-state index in [0.717, 1.165) is 29.9 Å². The zero-order valence-corrected chi connectivity index (χ0v) is 14.5. The lowest BCUT2D eigenvalue weighted by atomic mass is 10.1. The van der Waals surface area contributed by atoms with Crippen LogP contribution in [-0.2, 0) is 0 Å². The van der Waals surface area contributed by atoms with E-state index in [1.165, 1.54) is 0 Å². The highest BCUT2D eigenvalue weighted by molar-refractivity contribution is 5.97. The van der Waals surface area contributed by atoms with Gasteiger partial charge in [-0.15, -0.1) is 0 Å². The highest BCUT2D eigenvalue weighted by Crippen LogP contribution is 2.23. The summed E-state index contributed by atoms with van der Waals surface area (Å²) in [5.74, 6) is 1.66. The normalized spacial score (nSPS) is 15.2. The number of rotatable bonds is 4. The molecule has 0 atom stereocenters. The number of hydrogen-bond donors (Lipinski definition) is 1. The number of hydrogen-bond acceptors (Lipinski definition) is 5. The first-order chi connectivity index (χ1) is 12.7. The second-order valence-corrected chi connectivity index (χ2v) is 6.31. The highest BCUT2D eigenvalue weighted by atomic mass is 16.5. The Kier molecular flexibility index (Phi) is 4.43. The van der Waals surface area contributed by atoms with Gasteiger partial charge in [-0.2, -0.15) is 15.4 Å². The Hall–Kier alpha value is -3.09. The standard InChI is InChI=1S/C19H20N4O3/c1-25-14-3-5-15(6-4-14)26-16-8-10-23(11-9-16)19(24)13-2-7-17-18(12-13)21-22-20-17/h2-7,12,16H,8-11H2,1H3,(H,20,21,22). The zero-order valence-electron chi connectivity index (χ0n) is 14.5. The number of benzene rings is 2. The third-order valence-corrected chi connectivity index (χ3v) is 4.65. The van der Waals surface area contributed by atoms with E-state index in [2.05, 4.69) is 15.4 Å². The van der Waals surface area contributed by atoms with Crippen LogP contribution < -0.4 is 9.47 Å². The lowest BCUT2D eigenvalue weighted by molar-refractivity contribution is 0.0595. The molecule has 1 N–H and O–H groups in total. The van der Waals surface area contributed by atoms with Crippen LogP contribution in [0.1, 0.15) is 23.2 Å². The lowest BCUT2D eigenvalue weighted by Crippen LogP contribution is -2.41. The number of likely N-dealkylation sites (tertiary alicyclic amines) is 1. The SMILES string of the molecule is COc1ccc(OC2CCN(C(=O)c3ccc4n[nH]nc4c3)CC2)cc1. The van der Waals surface area contributed by atoms with E-state index < -0.39 is 0 Å². The number of aromatic nitrogens is 3. The lowest BCUT2D eigenvalue weighted by Gasteiger charge is -2.32. The summed E-state index contributed by atoms with van der Waals surface area (Å²) in [5.41, 5.74) is 2.10. The van der Waals surface area contributed by atoms with E-state index in [1.54, 1.807) is 19.2 Å². The molecule has 2 aromatic carbocycles. The minimum Gasteiger partial charge on any atom is -0.497 e. The maximum absolute atomic E-state index is 12.7. The number of methoxy groups -OCH3 is 1. The minimum atomic E-state index is 0.0257. The van der Waals surface area contributed by atoms with E-state index in [1.807, 2.05) is 35.2 Å². The maximum atomic E-state index is 12.7. The number of ether oxygens (including phenoxy) is 2. The molecule has 1 saturated heterocycles. The third kappa shape index (κ3) is 3.33. The number of carbonyl (C=O) groups excluding carboxylic acids is 1. The fraction of sp³-hybridized carbons (Fsp3) is 0.316. The van der Waals surface area contributed by atoms with Crippen LogP contribution in [0.5, 0.6) is 11.5 Å². The topological polar surface area (TPSA) is 80.3 Å². The van der Waals surface area contributed by atoms with Crippen LogP contribution >= 0.6 is 0 Å². The number of piperidine rings is 1. The van der Waals surface area contributed by atoms with Crippen LogP contribution in [0.15, 0.2) is 42.5 Å². The number of aromatic amines is 1. The molecule has 1 fully saturated rings. The molecule has 7 heteroatoms. The van der Waals surface area contributed by atoms with Gasteiger partial charge in [0.25, 0.3) is 5.91 Å². The number of H-pyrrole nitrogens is 1. The first kappa shape index (κ1) is 16.4. The Morgan fingerprint density at radius 2 is 1.73 bits per heavy atom. The molecule has 3 aromatic rings. The summed E-state index contributed by atoms with van der Waals surface area (Å²) in [7, 11) is 1.64. The van der Waals surface area contributed by atoms with E-state index in [4.69, 9.17) is 9.47 Å². The molecule has 1 aliphatic rings. The molecule has 0 aliphatic carbocycles. The largest absolute Gasteiger partial charge is 0.497 e. The molecule has 1 aromatic heterocycles. The number of carbonyl (C=O) groups is 1. The maximum Gasteiger partial charge on any atom is 0.253 e. The molecule has 0 spiro atoms. The predicted octanol–water partition coefficient (Wildman–Crippen LogP) is 2.65. The summed E-state index contributed by atoms with van der Waals surface area (Å²) < 4.78 is 11.2. The summed E-state index contributed by atoms with van der Waals surface area (Å²) in [6.45, 7) is 1.35. The van der Waals surface area contributed by atoms with Crippen molar-refractivity contribution in [2.75, 3.05) is 20.2 Å². The molecule has 4 rings (SSSR count). The van der Waals surface area contributed by atoms with Gasteiger partial charge in [-0.3, -0.25) is 4.79 Å². The van der Waals surface area contributed by atoms with Gasteiger partial charge in [0.1, 0.15) is 28.6 Å². The van der Waals surface area contributed by atoms with Gasteiger partial charge in [0.05, 0.1) is 7.11 Å². The van der Waals surface area contributed by atoms with Gasteiger partial charge in [-0.1, -0.05) is 0 Å². The average molecular weight is 352 g/mol. The van der Waals surface area contributed by atoms with Gasteiger partial charge in [0.15, 0.2) is 0 Å². The highest BCUT2D eigenvalue weighted by Gasteiger charge is 2.25. The second-order valence-electron chi connectivity index (χ2n) is 6.31. The first-order valence-corrected chi connectivity index (χ1v) is 8.63.